The molecule has 0 saturated carbocycles. The first kappa shape index (κ1) is 14.6. The number of aryl methyl sites for hydroxylation is 2. The van der Waals surface area contributed by atoms with Crippen LogP contribution >= 0.6 is 11.8 Å². The lowest BCUT2D eigenvalue weighted by atomic mass is 10.3. The molecule has 0 bridgehead atoms. The molecule has 0 radical (unpaired) electrons. The topological polar surface area (TPSA) is 68.0 Å². The van der Waals surface area contributed by atoms with Crippen molar-refractivity contribution >= 4 is 17.7 Å². The molecule has 0 amide bonds. The second-order valence-corrected chi connectivity index (χ2v) is 5.27. The largest absolute Gasteiger partial charge is 0.478 e. The first-order valence-corrected chi connectivity index (χ1v) is 7.50. The molecule has 106 valence electrons. The summed E-state index contributed by atoms with van der Waals surface area (Å²) >= 11 is 1.58. The van der Waals surface area contributed by atoms with E-state index in [1.807, 2.05) is 4.68 Å². The first-order valence-electron chi connectivity index (χ1n) is 6.51. The predicted molar refractivity (Wildman–Crippen MR) is 78.0 cm³/mol. The summed E-state index contributed by atoms with van der Waals surface area (Å²) in [6.45, 7) is 5.01. The molecule has 20 heavy (non-hydrogen) atoms. The quantitative estimate of drug-likeness (QED) is 0.829. The maximum atomic E-state index is 10.8. The number of carboxylic acid groups (broad SMARTS) is 1. The van der Waals surface area contributed by atoms with Crippen LogP contribution in [0.2, 0.25) is 0 Å². The fraction of sp³-hybridized carbons (Fsp3) is 0.357. The lowest BCUT2D eigenvalue weighted by molar-refractivity contribution is 0.0696. The molecule has 0 saturated heterocycles. The van der Waals surface area contributed by atoms with Crippen LogP contribution in [0, 0.1) is 0 Å². The fourth-order valence-corrected chi connectivity index (χ4v) is 2.64. The van der Waals surface area contributed by atoms with Crippen molar-refractivity contribution in [2.75, 3.05) is 0 Å². The average Bonchev–Trinajstić information content (AvgIpc) is 2.88. The van der Waals surface area contributed by atoms with E-state index in [1.165, 1.54) is 11.9 Å². The van der Waals surface area contributed by atoms with Gasteiger partial charge in [0.2, 0.25) is 0 Å². The molecule has 0 spiro atoms. The van der Waals surface area contributed by atoms with Gasteiger partial charge in [0.15, 0.2) is 0 Å². The van der Waals surface area contributed by atoms with E-state index in [0.29, 0.717) is 0 Å². The van der Waals surface area contributed by atoms with Crippen molar-refractivity contribution in [2.45, 2.75) is 37.6 Å². The zero-order chi connectivity index (χ0) is 14.5. The van der Waals surface area contributed by atoms with Crippen LogP contribution in [-0.2, 0) is 18.7 Å². The van der Waals surface area contributed by atoms with Crippen LogP contribution in [0.4, 0.5) is 0 Å². The molecule has 0 unspecified atom stereocenters. The molecule has 0 aliphatic rings. The molecular weight excluding hydrogens is 274 g/mol. The van der Waals surface area contributed by atoms with Crippen LogP contribution < -0.4 is 0 Å². The summed E-state index contributed by atoms with van der Waals surface area (Å²) in [5.41, 5.74) is 2.47. The van der Waals surface area contributed by atoms with Crippen LogP contribution in [0.3, 0.4) is 0 Å². The maximum Gasteiger partial charge on any atom is 0.337 e. The van der Waals surface area contributed by atoms with Crippen LogP contribution in [-0.4, -0.2) is 25.8 Å². The van der Waals surface area contributed by atoms with Crippen molar-refractivity contribution in [3.63, 3.8) is 0 Å². The molecule has 0 fully saturated rings. The molecular formula is C14H17N3O2S. The van der Waals surface area contributed by atoms with Crippen LogP contribution in [0.25, 0.3) is 0 Å². The van der Waals surface area contributed by atoms with Crippen molar-refractivity contribution < 1.29 is 9.90 Å². The summed E-state index contributed by atoms with van der Waals surface area (Å²) in [6.07, 6.45) is 2.31. The minimum Gasteiger partial charge on any atom is -0.478 e. The van der Waals surface area contributed by atoms with Gasteiger partial charge in [-0.2, -0.15) is 5.10 Å². The molecule has 0 aliphatic heterocycles. The summed E-state index contributed by atoms with van der Waals surface area (Å²) < 4.78 is 2.00. The predicted octanol–water partition coefficient (Wildman–Crippen LogP) is 2.85. The van der Waals surface area contributed by atoms with Crippen molar-refractivity contribution in [1.29, 1.82) is 0 Å². The van der Waals surface area contributed by atoms with E-state index >= 15 is 0 Å². The maximum absolute atomic E-state index is 10.8. The normalized spacial score (nSPS) is 10.7. The number of aromatic carboxylic acids is 1. The smallest absolute Gasteiger partial charge is 0.337 e. The van der Waals surface area contributed by atoms with E-state index in [2.05, 4.69) is 30.0 Å². The SMILES string of the molecule is CCc1cc(CSc2ccc(C(=O)O)cn2)n(CC)n1. The van der Waals surface area contributed by atoms with Crippen molar-refractivity contribution in [2.24, 2.45) is 0 Å². The zero-order valence-corrected chi connectivity index (χ0v) is 12.4. The van der Waals surface area contributed by atoms with Gasteiger partial charge >= 0.3 is 5.97 Å². The fourth-order valence-electron chi connectivity index (χ4n) is 1.82. The molecule has 5 nitrogen and oxygen atoms in total. The van der Waals surface area contributed by atoms with Gasteiger partial charge in [-0.05, 0) is 31.5 Å². The summed E-state index contributed by atoms with van der Waals surface area (Å²) in [4.78, 5) is 14.9. The standard InChI is InChI=1S/C14H17N3O2S/c1-3-11-7-12(17(4-2)16-11)9-20-13-6-5-10(8-15-13)14(18)19/h5-8H,3-4,9H2,1-2H3,(H,18,19). The summed E-state index contributed by atoms with van der Waals surface area (Å²) in [6, 6.07) is 5.43. The van der Waals surface area contributed by atoms with Gasteiger partial charge in [0.25, 0.3) is 0 Å². The number of thioether (sulfide) groups is 1. The van der Waals surface area contributed by atoms with E-state index in [1.54, 1.807) is 23.9 Å². The number of nitrogens with zero attached hydrogens (tertiary/aromatic N) is 3. The minimum absolute atomic E-state index is 0.209. The Labute approximate surface area is 122 Å². The Hall–Kier alpha value is -1.82. The number of pyridine rings is 1. The van der Waals surface area contributed by atoms with Gasteiger partial charge in [0, 0.05) is 24.2 Å². The number of hydrogen-bond acceptors (Lipinski definition) is 4. The highest BCUT2D eigenvalue weighted by molar-refractivity contribution is 7.98. The number of carbonyl (C=O) groups is 1. The Morgan fingerprint density at radius 3 is 2.75 bits per heavy atom. The lowest BCUT2D eigenvalue weighted by Crippen LogP contribution is -2.02. The van der Waals surface area contributed by atoms with Gasteiger partial charge in [0.05, 0.1) is 16.3 Å². The van der Waals surface area contributed by atoms with Crippen LogP contribution in [0.1, 0.15) is 35.6 Å². The monoisotopic (exact) mass is 291 g/mol. The Morgan fingerprint density at radius 2 is 2.20 bits per heavy atom. The summed E-state index contributed by atoms with van der Waals surface area (Å²) in [7, 11) is 0. The van der Waals surface area contributed by atoms with Gasteiger partial charge in [-0.25, -0.2) is 9.78 Å². The van der Waals surface area contributed by atoms with E-state index in [4.69, 9.17) is 5.11 Å². The third-order valence-corrected chi connectivity index (χ3v) is 3.90. The Bertz CT molecular complexity index is 593. The van der Waals surface area contributed by atoms with Crippen molar-refractivity contribution in [3.8, 4) is 0 Å². The molecule has 2 aromatic rings. The Balaban J connectivity index is 2.04. The zero-order valence-electron chi connectivity index (χ0n) is 11.5. The number of hydrogen-bond donors (Lipinski definition) is 1. The number of carboxylic acids is 1. The van der Waals surface area contributed by atoms with Gasteiger partial charge in [0.1, 0.15) is 0 Å². The Morgan fingerprint density at radius 1 is 1.40 bits per heavy atom. The number of aromatic nitrogens is 3. The average molecular weight is 291 g/mol. The van der Waals surface area contributed by atoms with E-state index in [-0.39, 0.29) is 5.56 Å². The third kappa shape index (κ3) is 3.39. The second-order valence-electron chi connectivity index (χ2n) is 4.28. The number of rotatable bonds is 6. The molecule has 1 N–H and O–H groups in total. The molecule has 0 atom stereocenters. The third-order valence-electron chi connectivity index (χ3n) is 2.93. The molecule has 6 heteroatoms. The highest BCUT2D eigenvalue weighted by Gasteiger charge is 2.08. The first-order chi connectivity index (χ1) is 9.63. The molecule has 0 aliphatic carbocycles. The molecule has 2 aromatic heterocycles. The molecule has 0 aromatic carbocycles. The van der Waals surface area contributed by atoms with Crippen LogP contribution in [0.15, 0.2) is 29.4 Å². The van der Waals surface area contributed by atoms with Crippen LogP contribution in [0.5, 0.6) is 0 Å². The highest BCUT2D eigenvalue weighted by Crippen LogP contribution is 2.21. The van der Waals surface area contributed by atoms with E-state index in [0.717, 1.165) is 29.4 Å². The summed E-state index contributed by atoms with van der Waals surface area (Å²) in [5, 5.41) is 14.1. The van der Waals surface area contributed by atoms with Crippen molar-refractivity contribution in [1.82, 2.24) is 14.8 Å². The lowest BCUT2D eigenvalue weighted by Gasteiger charge is -2.04. The highest BCUT2D eigenvalue weighted by atomic mass is 32.2. The minimum atomic E-state index is -0.953. The molecule has 2 rings (SSSR count). The van der Waals surface area contributed by atoms with Gasteiger partial charge in [-0.15, -0.1) is 11.8 Å². The molecule has 2 heterocycles. The summed E-state index contributed by atoms with van der Waals surface area (Å²) in [5.74, 6) is -0.175. The van der Waals surface area contributed by atoms with Gasteiger partial charge < -0.3 is 5.11 Å². The van der Waals surface area contributed by atoms with Crippen molar-refractivity contribution in [3.05, 3.63) is 41.3 Å². The van der Waals surface area contributed by atoms with E-state index in [9.17, 15) is 4.79 Å². The van der Waals surface area contributed by atoms with Gasteiger partial charge in [-0.3, -0.25) is 4.68 Å². The Kier molecular flexibility index (Phi) is 4.79. The second kappa shape index (κ2) is 6.56. The van der Waals surface area contributed by atoms with E-state index < -0.39 is 5.97 Å². The van der Waals surface area contributed by atoms with Gasteiger partial charge in [-0.1, -0.05) is 6.92 Å².